The number of carbonyl (C=O) groups is 2. The summed E-state index contributed by atoms with van der Waals surface area (Å²) in [4.78, 5) is 23.0. The molecule has 1 aromatic carbocycles. The fourth-order valence-corrected chi connectivity index (χ4v) is 2.22. The molecule has 1 aromatic rings. The van der Waals surface area contributed by atoms with Crippen molar-refractivity contribution in [1.29, 1.82) is 5.26 Å². The number of hydrogen-bond donors (Lipinski definition) is 1. The second-order valence-electron chi connectivity index (χ2n) is 4.93. The molecule has 0 unspecified atom stereocenters. The number of nitrogens with one attached hydrogen (secondary N) is 1. The second-order valence-corrected chi connectivity index (χ2v) is 4.93. The first-order valence-electron chi connectivity index (χ1n) is 6.78. The van der Waals surface area contributed by atoms with Crippen LogP contribution in [0.1, 0.15) is 42.7 Å². The van der Waals surface area contributed by atoms with Gasteiger partial charge in [0.1, 0.15) is 12.5 Å². The van der Waals surface area contributed by atoms with Gasteiger partial charge in [-0.1, -0.05) is 19.1 Å². The molecule has 0 radical (unpaired) electrons. The number of nitriles is 1. The normalized spacial score (nSPS) is 13.7. The van der Waals surface area contributed by atoms with Crippen LogP contribution in [0, 0.1) is 11.3 Å². The molecule has 0 heterocycles. The number of hydrogen-bond acceptors (Lipinski definition) is 4. The van der Waals surface area contributed by atoms with Crippen molar-refractivity contribution >= 4 is 17.6 Å². The van der Waals surface area contributed by atoms with E-state index in [-0.39, 0.29) is 0 Å². The maximum absolute atomic E-state index is 11.8. The van der Waals surface area contributed by atoms with Crippen LogP contribution in [0.4, 0.5) is 5.69 Å². The summed E-state index contributed by atoms with van der Waals surface area (Å²) < 4.78 is 4.49. The van der Waals surface area contributed by atoms with Gasteiger partial charge in [0.05, 0.1) is 17.5 Å². The van der Waals surface area contributed by atoms with Gasteiger partial charge in [-0.05, 0) is 36.5 Å². The van der Waals surface area contributed by atoms with Crippen molar-refractivity contribution in [3.63, 3.8) is 0 Å². The number of benzene rings is 1. The van der Waals surface area contributed by atoms with Crippen molar-refractivity contribution in [3.8, 4) is 6.07 Å². The third-order valence-corrected chi connectivity index (χ3v) is 3.53. The Bertz CT molecular complexity index is 612. The Balaban J connectivity index is 2.10. The van der Waals surface area contributed by atoms with Gasteiger partial charge in [0.2, 0.25) is 5.91 Å². The fraction of sp³-hybridized carbons (Fsp3) is 0.312. The molecule has 0 aliphatic heterocycles. The molecule has 21 heavy (non-hydrogen) atoms. The van der Waals surface area contributed by atoms with Crippen molar-refractivity contribution in [1.82, 2.24) is 0 Å². The lowest BCUT2D eigenvalue weighted by atomic mass is 9.80. The van der Waals surface area contributed by atoms with E-state index >= 15 is 0 Å². The quantitative estimate of drug-likeness (QED) is 0.512. The predicted molar refractivity (Wildman–Crippen MR) is 77.3 cm³/mol. The molecule has 0 bridgehead atoms. The maximum Gasteiger partial charge on any atom is 0.320 e. The molecule has 108 valence electrons. The highest BCUT2D eigenvalue weighted by Gasteiger charge is 2.21. The van der Waals surface area contributed by atoms with Crippen LogP contribution < -0.4 is 5.32 Å². The van der Waals surface area contributed by atoms with E-state index in [9.17, 15) is 9.59 Å². The average molecular weight is 284 g/mol. The van der Waals surface area contributed by atoms with Crippen molar-refractivity contribution < 1.29 is 14.3 Å². The van der Waals surface area contributed by atoms with Crippen LogP contribution in [0.3, 0.4) is 0 Å². The standard InChI is InChI=1S/C16H16N2O3/c1-2-21-16(20)9-15(19)18-14-8-12(11-4-3-5-11)6-7-13(14)10-17/h2,6-8,11H,1,3-5,9H2,(H,18,19). The SMILES string of the molecule is C=COC(=O)CC(=O)Nc1cc(C2CCC2)ccc1C#N. The first-order valence-corrected chi connectivity index (χ1v) is 6.78. The summed E-state index contributed by atoms with van der Waals surface area (Å²) in [6, 6.07) is 7.47. The zero-order valence-corrected chi connectivity index (χ0v) is 11.6. The van der Waals surface area contributed by atoms with Gasteiger partial charge in [-0.15, -0.1) is 0 Å². The van der Waals surface area contributed by atoms with Gasteiger partial charge in [-0.2, -0.15) is 5.26 Å². The van der Waals surface area contributed by atoms with Crippen molar-refractivity contribution in [3.05, 3.63) is 42.2 Å². The first kappa shape index (κ1) is 14.8. The van der Waals surface area contributed by atoms with E-state index < -0.39 is 18.3 Å². The molecule has 5 heteroatoms. The van der Waals surface area contributed by atoms with Gasteiger partial charge < -0.3 is 10.1 Å². The summed E-state index contributed by atoms with van der Waals surface area (Å²) >= 11 is 0. The second kappa shape index (κ2) is 6.71. The van der Waals surface area contributed by atoms with Crippen LogP contribution in [0.15, 0.2) is 31.0 Å². The van der Waals surface area contributed by atoms with Crippen LogP contribution in [-0.2, 0) is 14.3 Å². The molecule has 0 atom stereocenters. The molecule has 1 saturated carbocycles. The lowest BCUT2D eigenvalue weighted by Crippen LogP contribution is -2.18. The molecule has 1 fully saturated rings. The molecule has 2 rings (SSSR count). The van der Waals surface area contributed by atoms with E-state index in [1.54, 1.807) is 6.07 Å². The summed E-state index contributed by atoms with van der Waals surface area (Å²) in [5.41, 5.74) is 1.94. The molecule has 1 amide bonds. The third-order valence-electron chi connectivity index (χ3n) is 3.53. The molecule has 0 aromatic heterocycles. The van der Waals surface area contributed by atoms with E-state index in [0.717, 1.165) is 24.7 Å². The lowest BCUT2D eigenvalue weighted by molar-refractivity contribution is -0.140. The minimum atomic E-state index is -0.684. The zero-order valence-electron chi connectivity index (χ0n) is 11.6. The molecule has 0 saturated heterocycles. The van der Waals surface area contributed by atoms with E-state index in [0.29, 0.717) is 17.2 Å². The largest absolute Gasteiger partial charge is 0.435 e. The average Bonchev–Trinajstić information content (AvgIpc) is 2.37. The van der Waals surface area contributed by atoms with E-state index in [4.69, 9.17) is 5.26 Å². The highest BCUT2D eigenvalue weighted by Crippen LogP contribution is 2.37. The summed E-state index contributed by atoms with van der Waals surface area (Å²) in [5, 5.41) is 11.7. The molecule has 5 nitrogen and oxygen atoms in total. The summed E-state index contributed by atoms with van der Waals surface area (Å²) in [5.74, 6) is -0.695. The monoisotopic (exact) mass is 284 g/mol. The Morgan fingerprint density at radius 3 is 2.81 bits per heavy atom. The fourth-order valence-electron chi connectivity index (χ4n) is 2.22. The van der Waals surface area contributed by atoms with Crippen LogP contribution in [-0.4, -0.2) is 11.9 Å². The highest BCUT2D eigenvalue weighted by molar-refractivity contribution is 6.02. The van der Waals surface area contributed by atoms with Crippen LogP contribution in [0.5, 0.6) is 0 Å². The summed E-state index contributed by atoms with van der Waals surface area (Å²) in [6.45, 7) is 3.25. The maximum atomic E-state index is 11.8. The highest BCUT2D eigenvalue weighted by atomic mass is 16.5. The predicted octanol–water partition coefficient (Wildman–Crippen LogP) is 2.84. The minimum Gasteiger partial charge on any atom is -0.435 e. The Morgan fingerprint density at radius 1 is 1.48 bits per heavy atom. The van der Waals surface area contributed by atoms with Gasteiger partial charge in [0, 0.05) is 0 Å². The number of amides is 1. The summed E-state index contributed by atoms with van der Waals surface area (Å²) in [6.07, 6.45) is 4.04. The van der Waals surface area contributed by atoms with Gasteiger partial charge >= 0.3 is 5.97 Å². The molecule has 1 N–H and O–H groups in total. The van der Waals surface area contributed by atoms with Crippen LogP contribution >= 0.6 is 0 Å². The Morgan fingerprint density at radius 2 is 2.24 bits per heavy atom. The Kier molecular flexibility index (Phi) is 4.72. The number of esters is 1. The molecular formula is C16H16N2O3. The smallest absolute Gasteiger partial charge is 0.320 e. The van der Waals surface area contributed by atoms with Crippen molar-refractivity contribution in [2.45, 2.75) is 31.6 Å². The van der Waals surface area contributed by atoms with E-state index in [1.807, 2.05) is 18.2 Å². The van der Waals surface area contributed by atoms with Crippen molar-refractivity contribution in [2.24, 2.45) is 0 Å². The first-order chi connectivity index (χ1) is 10.1. The number of nitrogens with zero attached hydrogens (tertiary/aromatic N) is 1. The Hall–Kier alpha value is -2.61. The number of carbonyl (C=O) groups excluding carboxylic acids is 2. The zero-order chi connectivity index (χ0) is 15.2. The van der Waals surface area contributed by atoms with Crippen molar-refractivity contribution in [2.75, 3.05) is 5.32 Å². The van der Waals surface area contributed by atoms with Gasteiger partial charge in [0.15, 0.2) is 0 Å². The third kappa shape index (κ3) is 3.69. The number of ether oxygens (including phenoxy) is 1. The topological polar surface area (TPSA) is 79.2 Å². The van der Waals surface area contributed by atoms with E-state index in [2.05, 4.69) is 16.6 Å². The minimum absolute atomic E-state index is 0.378. The van der Waals surface area contributed by atoms with E-state index in [1.165, 1.54) is 6.42 Å². The van der Waals surface area contributed by atoms with Crippen LogP contribution in [0.25, 0.3) is 0 Å². The molecular weight excluding hydrogens is 268 g/mol. The van der Waals surface area contributed by atoms with Crippen LogP contribution in [0.2, 0.25) is 0 Å². The molecule has 1 aliphatic carbocycles. The van der Waals surface area contributed by atoms with Gasteiger partial charge in [-0.3, -0.25) is 9.59 Å². The number of rotatable bonds is 5. The van der Waals surface area contributed by atoms with Gasteiger partial charge in [0.25, 0.3) is 0 Å². The molecule has 1 aliphatic rings. The Labute approximate surface area is 123 Å². The lowest BCUT2D eigenvalue weighted by Gasteiger charge is -2.26. The number of anilines is 1. The molecule has 0 spiro atoms. The van der Waals surface area contributed by atoms with Gasteiger partial charge in [-0.25, -0.2) is 0 Å². The summed E-state index contributed by atoms with van der Waals surface area (Å²) in [7, 11) is 0.